The fourth-order valence-corrected chi connectivity index (χ4v) is 1.48. The molecule has 1 aromatic heterocycles. The number of aromatic nitrogens is 1. The Balaban J connectivity index is 2.43. The summed E-state index contributed by atoms with van der Waals surface area (Å²) in [5.41, 5.74) is 3.96. The Bertz CT molecular complexity index is 268. The quantitative estimate of drug-likeness (QED) is 0.594. The minimum absolute atomic E-state index is 0.989. The van der Waals surface area contributed by atoms with Gasteiger partial charge in [-0.1, -0.05) is 0 Å². The van der Waals surface area contributed by atoms with Gasteiger partial charge in [0.15, 0.2) is 0 Å². The number of hydrogen-bond acceptors (Lipinski definition) is 2. The molecule has 0 unspecified atom stereocenters. The first-order valence-electron chi connectivity index (χ1n) is 4.01. The minimum atomic E-state index is 0.989. The molecule has 0 amide bonds. The lowest BCUT2D eigenvalue weighted by Crippen LogP contribution is -2.23. The van der Waals surface area contributed by atoms with E-state index in [9.17, 15) is 0 Å². The van der Waals surface area contributed by atoms with E-state index in [4.69, 9.17) is 0 Å². The van der Waals surface area contributed by atoms with Crippen molar-refractivity contribution in [3.63, 3.8) is 0 Å². The van der Waals surface area contributed by atoms with Gasteiger partial charge in [-0.15, -0.1) is 0 Å². The topological polar surface area (TPSA) is 24.9 Å². The van der Waals surface area contributed by atoms with Crippen molar-refractivity contribution in [2.24, 2.45) is 0 Å². The Kier molecular flexibility index (Phi) is 1.62. The van der Waals surface area contributed by atoms with Crippen molar-refractivity contribution in [1.82, 2.24) is 10.3 Å². The molecule has 0 spiro atoms. The van der Waals surface area contributed by atoms with E-state index in [2.05, 4.69) is 16.4 Å². The third-order valence-corrected chi connectivity index (χ3v) is 2.11. The molecule has 0 aromatic carbocycles. The summed E-state index contributed by atoms with van der Waals surface area (Å²) in [6.07, 6.45) is 3.13. The van der Waals surface area contributed by atoms with E-state index >= 15 is 0 Å². The molecule has 58 valence electrons. The van der Waals surface area contributed by atoms with Crippen LogP contribution in [0.4, 0.5) is 0 Å². The zero-order valence-corrected chi connectivity index (χ0v) is 6.72. The van der Waals surface area contributed by atoms with E-state index in [1.165, 1.54) is 11.1 Å². The molecule has 0 saturated carbocycles. The van der Waals surface area contributed by atoms with Crippen molar-refractivity contribution in [1.29, 1.82) is 0 Å². The van der Waals surface area contributed by atoms with Crippen LogP contribution in [-0.2, 0) is 13.0 Å². The van der Waals surface area contributed by atoms with Crippen molar-refractivity contribution in [3.05, 3.63) is 29.1 Å². The Morgan fingerprint density at radius 2 is 2.36 bits per heavy atom. The van der Waals surface area contributed by atoms with Gasteiger partial charge < -0.3 is 5.32 Å². The summed E-state index contributed by atoms with van der Waals surface area (Å²) in [5.74, 6) is 0. The van der Waals surface area contributed by atoms with Crippen LogP contribution in [0.1, 0.15) is 16.8 Å². The van der Waals surface area contributed by atoms with Crippen molar-refractivity contribution >= 4 is 0 Å². The van der Waals surface area contributed by atoms with E-state index in [0.29, 0.717) is 0 Å². The summed E-state index contributed by atoms with van der Waals surface area (Å²) in [6, 6.07) is 2.19. The third-order valence-electron chi connectivity index (χ3n) is 2.11. The van der Waals surface area contributed by atoms with Crippen molar-refractivity contribution in [3.8, 4) is 0 Å². The predicted octanol–water partition coefficient (Wildman–Crippen LogP) is 1.04. The molecule has 0 fully saturated rings. The number of pyridine rings is 1. The molecule has 0 radical (unpaired) electrons. The van der Waals surface area contributed by atoms with E-state index in [1.807, 2.05) is 13.1 Å². The zero-order valence-electron chi connectivity index (χ0n) is 6.72. The molecule has 1 aliphatic rings. The second-order valence-corrected chi connectivity index (χ2v) is 3.02. The van der Waals surface area contributed by atoms with Crippen LogP contribution in [0.25, 0.3) is 0 Å². The van der Waals surface area contributed by atoms with Crippen LogP contribution in [0, 0.1) is 6.92 Å². The fourth-order valence-electron chi connectivity index (χ4n) is 1.48. The lowest BCUT2D eigenvalue weighted by atomic mass is 10.0. The van der Waals surface area contributed by atoms with Gasteiger partial charge in [-0.2, -0.15) is 0 Å². The summed E-state index contributed by atoms with van der Waals surface area (Å²) in [7, 11) is 0. The van der Waals surface area contributed by atoms with Gasteiger partial charge in [0.05, 0.1) is 0 Å². The highest BCUT2D eigenvalue weighted by atomic mass is 14.9. The molecule has 0 saturated heterocycles. The van der Waals surface area contributed by atoms with Crippen LogP contribution >= 0.6 is 0 Å². The molecule has 1 N–H and O–H groups in total. The second kappa shape index (κ2) is 2.62. The van der Waals surface area contributed by atoms with Gasteiger partial charge in [0.2, 0.25) is 0 Å². The summed E-state index contributed by atoms with van der Waals surface area (Å²) in [5, 5.41) is 3.32. The Morgan fingerprint density at radius 1 is 1.45 bits per heavy atom. The second-order valence-electron chi connectivity index (χ2n) is 3.02. The summed E-state index contributed by atoms with van der Waals surface area (Å²) >= 11 is 0. The number of rotatable bonds is 0. The van der Waals surface area contributed by atoms with Crippen molar-refractivity contribution in [2.45, 2.75) is 19.9 Å². The maximum absolute atomic E-state index is 4.25. The number of nitrogens with one attached hydrogen (secondary N) is 1. The van der Waals surface area contributed by atoms with Crippen LogP contribution in [0.2, 0.25) is 0 Å². The SMILES string of the molecule is Cc1cc2c(cn1)CNCC2. The first-order valence-corrected chi connectivity index (χ1v) is 4.01. The van der Waals surface area contributed by atoms with Gasteiger partial charge in [-0.3, -0.25) is 4.98 Å². The number of hydrogen-bond donors (Lipinski definition) is 1. The Hall–Kier alpha value is -0.890. The van der Waals surface area contributed by atoms with Crippen LogP contribution in [0.15, 0.2) is 12.3 Å². The molecule has 1 aromatic rings. The van der Waals surface area contributed by atoms with Crippen LogP contribution in [0.5, 0.6) is 0 Å². The normalized spacial score (nSPS) is 16.1. The monoisotopic (exact) mass is 148 g/mol. The molecule has 11 heavy (non-hydrogen) atoms. The van der Waals surface area contributed by atoms with E-state index in [0.717, 1.165) is 25.2 Å². The zero-order chi connectivity index (χ0) is 7.68. The van der Waals surface area contributed by atoms with Crippen molar-refractivity contribution in [2.75, 3.05) is 6.54 Å². The molecule has 0 aliphatic carbocycles. The van der Waals surface area contributed by atoms with Gasteiger partial charge in [0.25, 0.3) is 0 Å². The summed E-state index contributed by atoms with van der Waals surface area (Å²) < 4.78 is 0. The standard InChI is InChI=1S/C9H12N2/c1-7-4-8-2-3-10-5-9(8)6-11-7/h4,6,10H,2-3,5H2,1H3. The summed E-state index contributed by atoms with van der Waals surface area (Å²) in [4.78, 5) is 4.25. The molecule has 2 nitrogen and oxygen atoms in total. The highest BCUT2D eigenvalue weighted by molar-refractivity contribution is 5.28. The van der Waals surface area contributed by atoms with Gasteiger partial charge in [0, 0.05) is 18.4 Å². The average molecular weight is 148 g/mol. The van der Waals surface area contributed by atoms with E-state index in [1.54, 1.807) is 0 Å². The molecule has 2 heterocycles. The molecular weight excluding hydrogens is 136 g/mol. The van der Waals surface area contributed by atoms with Gasteiger partial charge in [0.1, 0.15) is 0 Å². The predicted molar refractivity (Wildman–Crippen MR) is 44.4 cm³/mol. The minimum Gasteiger partial charge on any atom is -0.312 e. The highest BCUT2D eigenvalue weighted by Gasteiger charge is 2.07. The molecule has 2 rings (SSSR count). The Morgan fingerprint density at radius 3 is 3.27 bits per heavy atom. The van der Waals surface area contributed by atoms with Crippen LogP contribution < -0.4 is 5.32 Å². The molecule has 2 heteroatoms. The largest absolute Gasteiger partial charge is 0.312 e. The van der Waals surface area contributed by atoms with E-state index < -0.39 is 0 Å². The number of fused-ring (bicyclic) bond motifs is 1. The van der Waals surface area contributed by atoms with Crippen LogP contribution in [-0.4, -0.2) is 11.5 Å². The maximum Gasteiger partial charge on any atom is 0.0375 e. The highest BCUT2D eigenvalue weighted by Crippen LogP contribution is 2.12. The first kappa shape index (κ1) is 6.80. The fraction of sp³-hybridized carbons (Fsp3) is 0.444. The van der Waals surface area contributed by atoms with Crippen LogP contribution in [0.3, 0.4) is 0 Å². The number of aryl methyl sites for hydroxylation is 1. The van der Waals surface area contributed by atoms with E-state index in [-0.39, 0.29) is 0 Å². The molecule has 0 atom stereocenters. The van der Waals surface area contributed by atoms with Gasteiger partial charge >= 0.3 is 0 Å². The Labute approximate surface area is 66.7 Å². The number of nitrogens with zero attached hydrogens (tertiary/aromatic N) is 1. The lowest BCUT2D eigenvalue weighted by molar-refractivity contribution is 0.640. The first-order chi connectivity index (χ1) is 5.36. The average Bonchev–Trinajstić information content (AvgIpc) is 2.04. The smallest absolute Gasteiger partial charge is 0.0375 e. The molecular formula is C9H12N2. The summed E-state index contributed by atoms with van der Waals surface area (Å²) in [6.45, 7) is 4.14. The molecule has 1 aliphatic heterocycles. The van der Waals surface area contributed by atoms with Gasteiger partial charge in [-0.25, -0.2) is 0 Å². The molecule has 0 bridgehead atoms. The van der Waals surface area contributed by atoms with Crippen molar-refractivity contribution < 1.29 is 0 Å². The van der Waals surface area contributed by atoms with Gasteiger partial charge in [-0.05, 0) is 37.1 Å². The third kappa shape index (κ3) is 1.26. The maximum atomic E-state index is 4.25. The lowest BCUT2D eigenvalue weighted by Gasteiger charge is -2.16.